The van der Waals surface area contributed by atoms with E-state index in [1.54, 1.807) is 11.8 Å². The number of rotatable bonds is 6. The van der Waals surface area contributed by atoms with E-state index in [0.29, 0.717) is 12.0 Å². The Labute approximate surface area is 120 Å². The maximum Gasteiger partial charge on any atom is 0.191 e. The molecule has 1 aliphatic carbocycles. The van der Waals surface area contributed by atoms with E-state index in [1.165, 1.54) is 25.7 Å². The zero-order chi connectivity index (χ0) is 13.8. The largest absolute Gasteiger partial charge is 0.321 e. The van der Waals surface area contributed by atoms with Gasteiger partial charge in [-0.15, -0.1) is 10.2 Å². The Balaban J connectivity index is 2.26. The molecule has 0 aliphatic heterocycles. The molecule has 108 valence electrons. The van der Waals surface area contributed by atoms with Crippen LogP contribution in [0.5, 0.6) is 0 Å². The summed E-state index contributed by atoms with van der Waals surface area (Å²) in [4.78, 5) is 0. The minimum Gasteiger partial charge on any atom is -0.321 e. The van der Waals surface area contributed by atoms with Crippen molar-refractivity contribution >= 4 is 11.8 Å². The molecule has 0 radical (unpaired) electrons. The lowest BCUT2D eigenvalue weighted by Gasteiger charge is -2.20. The molecule has 0 saturated heterocycles. The average molecular weight is 282 g/mol. The van der Waals surface area contributed by atoms with Crippen molar-refractivity contribution in [3.63, 3.8) is 0 Å². The van der Waals surface area contributed by atoms with Gasteiger partial charge in [0.1, 0.15) is 0 Å². The van der Waals surface area contributed by atoms with Gasteiger partial charge in [-0.25, -0.2) is 0 Å². The predicted octanol–water partition coefficient (Wildman–Crippen LogP) is 3.55. The smallest absolute Gasteiger partial charge is 0.191 e. The third-order valence-electron chi connectivity index (χ3n) is 3.71. The summed E-state index contributed by atoms with van der Waals surface area (Å²) < 4.78 is 2.34. The van der Waals surface area contributed by atoms with Crippen LogP contribution in [0, 0.1) is 5.92 Å². The second-order valence-corrected chi connectivity index (χ2v) is 7.05. The molecule has 1 saturated carbocycles. The van der Waals surface area contributed by atoms with Crippen molar-refractivity contribution in [2.24, 2.45) is 11.7 Å². The van der Waals surface area contributed by atoms with Gasteiger partial charge < -0.3 is 10.3 Å². The summed E-state index contributed by atoms with van der Waals surface area (Å²) >= 11 is 1.78. The van der Waals surface area contributed by atoms with Crippen LogP contribution in [-0.4, -0.2) is 20.5 Å². The molecule has 1 aromatic rings. The molecule has 0 amide bonds. The third-order valence-corrected chi connectivity index (χ3v) is 4.54. The fourth-order valence-electron chi connectivity index (χ4n) is 2.89. The van der Waals surface area contributed by atoms with E-state index in [9.17, 15) is 0 Å². The van der Waals surface area contributed by atoms with E-state index < -0.39 is 0 Å². The minimum atomic E-state index is 0.0132. The summed E-state index contributed by atoms with van der Waals surface area (Å²) in [5, 5.41) is 9.83. The van der Waals surface area contributed by atoms with Crippen molar-refractivity contribution in [2.45, 2.75) is 70.1 Å². The van der Waals surface area contributed by atoms with E-state index in [4.69, 9.17) is 5.73 Å². The molecule has 1 atom stereocenters. The van der Waals surface area contributed by atoms with Gasteiger partial charge in [0, 0.05) is 6.04 Å². The lowest BCUT2D eigenvalue weighted by Crippen LogP contribution is -2.21. The molecule has 2 rings (SSSR count). The normalized spacial score (nSPS) is 18.4. The standard InChI is InChI=1S/C14H26N4S/c1-4-19-14-17-16-13(12(15)9-10(2)3)18(14)11-7-5-6-8-11/h10-12H,4-9,15H2,1-3H3/t12-/m0/s1. The molecular weight excluding hydrogens is 256 g/mol. The van der Waals surface area contributed by atoms with E-state index >= 15 is 0 Å². The van der Waals surface area contributed by atoms with Crippen LogP contribution in [0.1, 0.15) is 70.8 Å². The first-order valence-electron chi connectivity index (χ1n) is 7.46. The summed E-state index contributed by atoms with van der Waals surface area (Å²) in [5.74, 6) is 2.62. The second kappa shape index (κ2) is 6.75. The van der Waals surface area contributed by atoms with Gasteiger partial charge in [0.2, 0.25) is 0 Å². The Morgan fingerprint density at radius 3 is 2.58 bits per heavy atom. The Bertz CT molecular complexity index is 396. The molecule has 1 heterocycles. The molecule has 0 aromatic carbocycles. The maximum absolute atomic E-state index is 6.34. The van der Waals surface area contributed by atoms with Crippen molar-refractivity contribution in [3.8, 4) is 0 Å². The van der Waals surface area contributed by atoms with Gasteiger partial charge in [0.25, 0.3) is 0 Å². The summed E-state index contributed by atoms with van der Waals surface area (Å²) in [5.41, 5.74) is 6.34. The fourth-order valence-corrected chi connectivity index (χ4v) is 3.63. The van der Waals surface area contributed by atoms with E-state index in [-0.39, 0.29) is 6.04 Å². The molecule has 5 heteroatoms. The van der Waals surface area contributed by atoms with Crippen LogP contribution in [0.4, 0.5) is 0 Å². The quantitative estimate of drug-likeness (QED) is 0.811. The van der Waals surface area contributed by atoms with Crippen molar-refractivity contribution in [3.05, 3.63) is 5.82 Å². The first kappa shape index (κ1) is 14.9. The van der Waals surface area contributed by atoms with Crippen LogP contribution in [-0.2, 0) is 0 Å². The Morgan fingerprint density at radius 1 is 1.32 bits per heavy atom. The molecule has 0 bridgehead atoms. The van der Waals surface area contributed by atoms with Crippen LogP contribution in [0.3, 0.4) is 0 Å². The molecule has 0 spiro atoms. The van der Waals surface area contributed by atoms with Gasteiger partial charge >= 0.3 is 0 Å². The number of thioether (sulfide) groups is 1. The van der Waals surface area contributed by atoms with Crippen LogP contribution in [0.25, 0.3) is 0 Å². The number of hydrogen-bond acceptors (Lipinski definition) is 4. The zero-order valence-corrected chi connectivity index (χ0v) is 13.1. The van der Waals surface area contributed by atoms with E-state index in [2.05, 4.69) is 35.5 Å². The molecule has 2 N–H and O–H groups in total. The van der Waals surface area contributed by atoms with Crippen molar-refractivity contribution in [1.29, 1.82) is 0 Å². The first-order valence-corrected chi connectivity index (χ1v) is 8.45. The lowest BCUT2D eigenvalue weighted by atomic mass is 10.0. The summed E-state index contributed by atoms with van der Waals surface area (Å²) in [6.07, 6.45) is 6.10. The second-order valence-electron chi connectivity index (χ2n) is 5.82. The molecule has 1 fully saturated rings. The highest BCUT2D eigenvalue weighted by Gasteiger charge is 2.26. The number of aromatic nitrogens is 3. The van der Waals surface area contributed by atoms with Crippen LogP contribution < -0.4 is 5.73 Å². The van der Waals surface area contributed by atoms with Crippen LogP contribution >= 0.6 is 11.8 Å². The number of hydrogen-bond donors (Lipinski definition) is 1. The average Bonchev–Trinajstić information content (AvgIpc) is 2.95. The lowest BCUT2D eigenvalue weighted by molar-refractivity contribution is 0.419. The van der Waals surface area contributed by atoms with E-state index in [1.807, 2.05) is 0 Å². The summed E-state index contributed by atoms with van der Waals surface area (Å²) in [6, 6.07) is 0.580. The Hall–Kier alpha value is -0.550. The predicted molar refractivity (Wildman–Crippen MR) is 80.3 cm³/mol. The van der Waals surface area contributed by atoms with Crippen molar-refractivity contribution in [2.75, 3.05) is 5.75 Å². The van der Waals surface area contributed by atoms with Crippen LogP contribution in [0.15, 0.2) is 5.16 Å². The van der Waals surface area contributed by atoms with Gasteiger partial charge in [0.15, 0.2) is 11.0 Å². The molecule has 1 aliphatic rings. The summed E-state index contributed by atoms with van der Waals surface area (Å²) in [6.45, 7) is 6.57. The fraction of sp³-hybridized carbons (Fsp3) is 0.857. The topological polar surface area (TPSA) is 56.7 Å². The zero-order valence-electron chi connectivity index (χ0n) is 12.3. The van der Waals surface area contributed by atoms with Gasteiger partial charge in [-0.3, -0.25) is 0 Å². The highest BCUT2D eigenvalue weighted by molar-refractivity contribution is 7.99. The van der Waals surface area contributed by atoms with Gasteiger partial charge in [0.05, 0.1) is 6.04 Å². The van der Waals surface area contributed by atoms with Gasteiger partial charge in [-0.1, -0.05) is 45.4 Å². The SMILES string of the molecule is CCSc1nnc([C@@H](N)CC(C)C)n1C1CCCC1. The molecular formula is C14H26N4S. The Morgan fingerprint density at radius 2 is 2.00 bits per heavy atom. The molecule has 1 aromatic heterocycles. The van der Waals surface area contributed by atoms with Gasteiger partial charge in [-0.2, -0.15) is 0 Å². The maximum atomic E-state index is 6.34. The highest BCUT2D eigenvalue weighted by Crippen LogP contribution is 2.35. The van der Waals surface area contributed by atoms with Crippen LogP contribution in [0.2, 0.25) is 0 Å². The Kier molecular flexibility index (Phi) is 5.28. The first-order chi connectivity index (χ1) is 9.13. The van der Waals surface area contributed by atoms with Crippen molar-refractivity contribution < 1.29 is 0 Å². The third kappa shape index (κ3) is 3.51. The monoisotopic (exact) mass is 282 g/mol. The van der Waals surface area contributed by atoms with Crippen molar-refractivity contribution in [1.82, 2.24) is 14.8 Å². The molecule has 19 heavy (non-hydrogen) atoms. The summed E-state index contributed by atoms with van der Waals surface area (Å²) in [7, 11) is 0. The van der Waals surface area contributed by atoms with E-state index in [0.717, 1.165) is 23.2 Å². The molecule has 4 nitrogen and oxygen atoms in total. The molecule has 0 unspecified atom stereocenters. The minimum absolute atomic E-state index is 0.0132. The van der Waals surface area contributed by atoms with Gasteiger partial charge in [-0.05, 0) is 30.9 Å². The number of nitrogens with zero attached hydrogens (tertiary/aromatic N) is 3. The highest BCUT2D eigenvalue weighted by atomic mass is 32.2. The number of nitrogens with two attached hydrogens (primary N) is 1.